The molecule has 0 radical (unpaired) electrons. The average Bonchev–Trinajstić information content (AvgIpc) is 2.55. The van der Waals surface area contributed by atoms with Gasteiger partial charge in [-0.2, -0.15) is 0 Å². The molecular formula is C20H18N2. The van der Waals surface area contributed by atoms with Crippen molar-refractivity contribution in [2.75, 3.05) is 5.73 Å². The molecule has 2 nitrogen and oxygen atoms in total. The Morgan fingerprint density at radius 2 is 1.77 bits per heavy atom. The molecule has 0 bridgehead atoms. The van der Waals surface area contributed by atoms with Gasteiger partial charge in [0.1, 0.15) is 0 Å². The number of nitrogen functional groups attached to an aromatic ring is 1. The number of aromatic nitrogens is 1. The van der Waals surface area contributed by atoms with E-state index in [0.29, 0.717) is 0 Å². The van der Waals surface area contributed by atoms with E-state index in [1.54, 1.807) is 0 Å². The summed E-state index contributed by atoms with van der Waals surface area (Å²) in [7, 11) is 0. The fraction of sp³-hybridized carbons (Fsp3) is 0.150. The van der Waals surface area contributed by atoms with Crippen LogP contribution >= 0.6 is 0 Å². The van der Waals surface area contributed by atoms with E-state index in [1.807, 2.05) is 24.3 Å². The van der Waals surface area contributed by atoms with Crippen molar-refractivity contribution in [1.82, 2.24) is 4.98 Å². The van der Waals surface area contributed by atoms with E-state index < -0.39 is 0 Å². The largest absolute Gasteiger partial charge is 0.398 e. The summed E-state index contributed by atoms with van der Waals surface area (Å²) in [6.45, 7) is 0. The first-order valence-corrected chi connectivity index (χ1v) is 7.75. The molecule has 0 saturated heterocycles. The second-order valence-corrected chi connectivity index (χ2v) is 5.83. The Hall–Kier alpha value is -2.61. The van der Waals surface area contributed by atoms with Crippen molar-refractivity contribution in [3.63, 3.8) is 0 Å². The molecule has 1 aliphatic carbocycles. The van der Waals surface area contributed by atoms with Crippen LogP contribution in [0.15, 0.2) is 54.6 Å². The Kier molecular flexibility index (Phi) is 3.15. The number of allylic oxidation sites excluding steroid dienone is 1. The third-order valence-electron chi connectivity index (χ3n) is 4.33. The predicted octanol–water partition coefficient (Wildman–Crippen LogP) is 4.69. The smallest absolute Gasteiger partial charge is 0.0705 e. The van der Waals surface area contributed by atoms with Gasteiger partial charge in [0.15, 0.2) is 0 Å². The fourth-order valence-corrected chi connectivity index (χ4v) is 3.19. The van der Waals surface area contributed by atoms with Crippen LogP contribution < -0.4 is 5.73 Å². The number of nitrogens with zero attached hydrogens (tertiary/aromatic N) is 1. The minimum absolute atomic E-state index is 0.830. The monoisotopic (exact) mass is 286 g/mol. The van der Waals surface area contributed by atoms with E-state index in [4.69, 9.17) is 10.7 Å². The van der Waals surface area contributed by atoms with Gasteiger partial charge in [-0.15, -0.1) is 0 Å². The maximum atomic E-state index is 6.09. The van der Waals surface area contributed by atoms with Gasteiger partial charge < -0.3 is 5.73 Å². The summed E-state index contributed by atoms with van der Waals surface area (Å²) in [5.74, 6) is 0. The molecule has 4 rings (SSSR count). The first-order valence-electron chi connectivity index (χ1n) is 7.75. The molecule has 2 N–H and O–H groups in total. The molecule has 1 aliphatic rings. The number of anilines is 1. The first-order chi connectivity index (χ1) is 10.8. The lowest BCUT2D eigenvalue weighted by Crippen LogP contribution is -2.05. The number of fused-ring (bicyclic) bond motifs is 2. The van der Waals surface area contributed by atoms with Crippen LogP contribution in [0.4, 0.5) is 5.69 Å². The van der Waals surface area contributed by atoms with Gasteiger partial charge in [0.2, 0.25) is 0 Å². The van der Waals surface area contributed by atoms with E-state index in [1.165, 1.54) is 22.2 Å². The molecule has 1 heterocycles. The van der Waals surface area contributed by atoms with Crippen LogP contribution in [-0.4, -0.2) is 4.98 Å². The minimum Gasteiger partial charge on any atom is -0.398 e. The summed E-state index contributed by atoms with van der Waals surface area (Å²) < 4.78 is 0. The zero-order chi connectivity index (χ0) is 14.9. The molecule has 0 amide bonds. The zero-order valence-electron chi connectivity index (χ0n) is 12.4. The molecule has 2 heteroatoms. The summed E-state index contributed by atoms with van der Waals surface area (Å²) >= 11 is 0. The summed E-state index contributed by atoms with van der Waals surface area (Å²) in [4.78, 5) is 4.86. The molecule has 1 aromatic heterocycles. The second kappa shape index (κ2) is 5.30. The Balaban J connectivity index is 1.88. The van der Waals surface area contributed by atoms with E-state index in [2.05, 4.69) is 36.4 Å². The molecule has 22 heavy (non-hydrogen) atoms. The number of nitrogens with two attached hydrogens (primary N) is 1. The van der Waals surface area contributed by atoms with Crippen LogP contribution in [-0.2, 0) is 6.42 Å². The molecule has 2 aromatic carbocycles. The van der Waals surface area contributed by atoms with E-state index >= 15 is 0 Å². The molecule has 0 saturated carbocycles. The third-order valence-corrected chi connectivity index (χ3v) is 4.33. The number of aryl methyl sites for hydroxylation is 1. The van der Waals surface area contributed by atoms with Crippen LogP contribution in [0.2, 0.25) is 0 Å². The molecule has 0 unspecified atom stereocenters. The topological polar surface area (TPSA) is 38.9 Å². The van der Waals surface area contributed by atoms with Crippen molar-refractivity contribution < 1.29 is 0 Å². The highest BCUT2D eigenvalue weighted by Crippen LogP contribution is 2.34. The molecule has 0 atom stereocenters. The summed E-state index contributed by atoms with van der Waals surface area (Å²) in [5, 5.41) is 1.20. The lowest BCUT2D eigenvalue weighted by atomic mass is 9.88. The quantitative estimate of drug-likeness (QED) is 0.659. The van der Waals surface area contributed by atoms with Crippen molar-refractivity contribution in [3.05, 3.63) is 71.4 Å². The number of pyridine rings is 1. The Morgan fingerprint density at radius 1 is 0.955 bits per heavy atom. The number of benzene rings is 2. The van der Waals surface area contributed by atoms with Gasteiger partial charge in [-0.05, 0) is 60.2 Å². The highest BCUT2D eigenvalue weighted by Gasteiger charge is 2.16. The number of hydrogen-bond acceptors (Lipinski definition) is 2. The maximum Gasteiger partial charge on any atom is 0.0705 e. The SMILES string of the molecule is Nc1ccccc1/C=C1\CCCc2nc3ccccc3cc21. The van der Waals surface area contributed by atoms with Gasteiger partial charge >= 0.3 is 0 Å². The number of hydrogen-bond donors (Lipinski definition) is 1. The Labute approximate surface area is 130 Å². The highest BCUT2D eigenvalue weighted by atomic mass is 14.7. The average molecular weight is 286 g/mol. The first kappa shape index (κ1) is 13.1. The van der Waals surface area contributed by atoms with Gasteiger partial charge in [0.05, 0.1) is 5.52 Å². The van der Waals surface area contributed by atoms with Crippen molar-refractivity contribution >= 4 is 28.2 Å². The molecule has 0 aliphatic heterocycles. The van der Waals surface area contributed by atoms with Crippen molar-refractivity contribution in [2.24, 2.45) is 0 Å². The second-order valence-electron chi connectivity index (χ2n) is 5.83. The summed E-state index contributed by atoms with van der Waals surface area (Å²) in [5.41, 5.74) is 12.9. The number of rotatable bonds is 1. The van der Waals surface area contributed by atoms with Gasteiger partial charge in [-0.3, -0.25) is 4.98 Å². The highest BCUT2D eigenvalue weighted by molar-refractivity contribution is 5.90. The lowest BCUT2D eigenvalue weighted by molar-refractivity contribution is 0.800. The standard InChI is InChI=1S/C20H18N2/c21-18-9-3-1-6-15(18)12-14-8-5-11-20-17(14)13-16-7-2-4-10-19(16)22-20/h1-4,6-7,9-10,12-13H,5,8,11,21H2/b14-12+. The van der Waals surface area contributed by atoms with Gasteiger partial charge in [0.25, 0.3) is 0 Å². The number of para-hydroxylation sites is 2. The third kappa shape index (κ3) is 2.27. The molecule has 3 aromatic rings. The van der Waals surface area contributed by atoms with Crippen LogP contribution in [0.3, 0.4) is 0 Å². The Bertz CT molecular complexity index is 878. The predicted molar refractivity (Wildman–Crippen MR) is 93.4 cm³/mol. The van der Waals surface area contributed by atoms with Gasteiger partial charge in [-0.25, -0.2) is 0 Å². The van der Waals surface area contributed by atoms with E-state index in [-0.39, 0.29) is 0 Å². The van der Waals surface area contributed by atoms with Crippen LogP contribution in [0.25, 0.3) is 22.6 Å². The van der Waals surface area contributed by atoms with Crippen LogP contribution in [0.1, 0.15) is 29.7 Å². The van der Waals surface area contributed by atoms with Crippen molar-refractivity contribution in [1.29, 1.82) is 0 Å². The molecule has 108 valence electrons. The maximum absolute atomic E-state index is 6.09. The summed E-state index contributed by atoms with van der Waals surface area (Å²) in [6, 6.07) is 18.6. The van der Waals surface area contributed by atoms with Crippen molar-refractivity contribution in [2.45, 2.75) is 19.3 Å². The minimum atomic E-state index is 0.830. The summed E-state index contributed by atoms with van der Waals surface area (Å²) in [6.07, 6.45) is 5.52. The van der Waals surface area contributed by atoms with E-state index in [0.717, 1.165) is 36.0 Å². The van der Waals surface area contributed by atoms with Crippen molar-refractivity contribution in [3.8, 4) is 0 Å². The normalized spacial score (nSPS) is 15.9. The van der Waals surface area contributed by atoms with Crippen LogP contribution in [0, 0.1) is 0 Å². The molecule has 0 spiro atoms. The van der Waals surface area contributed by atoms with Crippen LogP contribution in [0.5, 0.6) is 0 Å². The van der Waals surface area contributed by atoms with Gasteiger partial charge in [-0.1, -0.05) is 36.4 Å². The molecular weight excluding hydrogens is 268 g/mol. The van der Waals surface area contributed by atoms with Gasteiger partial charge in [0, 0.05) is 16.8 Å². The lowest BCUT2D eigenvalue weighted by Gasteiger charge is -2.19. The fourth-order valence-electron chi connectivity index (χ4n) is 3.19. The Morgan fingerprint density at radius 3 is 2.68 bits per heavy atom. The molecule has 0 fully saturated rings. The van der Waals surface area contributed by atoms with E-state index in [9.17, 15) is 0 Å². The zero-order valence-corrected chi connectivity index (χ0v) is 12.4.